The van der Waals surface area contributed by atoms with E-state index in [1.54, 1.807) is 0 Å². The molecule has 0 saturated heterocycles. The monoisotopic (exact) mass is 261 g/mol. The molecule has 0 aliphatic carbocycles. The summed E-state index contributed by atoms with van der Waals surface area (Å²) in [6.07, 6.45) is 2.87. The number of carboxylic acids is 1. The first kappa shape index (κ1) is 13.1. The van der Waals surface area contributed by atoms with Crippen LogP contribution in [0.25, 0.3) is 0 Å². The highest BCUT2D eigenvalue weighted by molar-refractivity contribution is 5.85. The Bertz CT molecular complexity index is 525. The van der Waals surface area contributed by atoms with Crippen molar-refractivity contribution in [1.29, 1.82) is 0 Å². The van der Waals surface area contributed by atoms with Gasteiger partial charge in [0, 0.05) is 6.54 Å². The number of carbonyl (C=O) groups is 1. The molecule has 1 aromatic carbocycles. The Morgan fingerprint density at radius 2 is 2.05 bits per heavy atom. The molecule has 0 atom stereocenters. The summed E-state index contributed by atoms with van der Waals surface area (Å²) in [5.74, 6) is -0.167. The van der Waals surface area contributed by atoms with Crippen LogP contribution in [-0.4, -0.2) is 32.7 Å². The second-order valence-corrected chi connectivity index (χ2v) is 4.02. The van der Waals surface area contributed by atoms with E-state index in [-0.39, 0.29) is 5.69 Å². The van der Waals surface area contributed by atoms with E-state index in [4.69, 9.17) is 9.84 Å². The molecule has 0 saturated carbocycles. The van der Waals surface area contributed by atoms with E-state index in [1.165, 1.54) is 10.9 Å². The number of carboxylic acid groups (broad SMARTS) is 1. The third kappa shape index (κ3) is 3.80. The van der Waals surface area contributed by atoms with Crippen molar-refractivity contribution < 1.29 is 14.6 Å². The average molecular weight is 261 g/mol. The maximum Gasteiger partial charge on any atom is 0.355 e. The van der Waals surface area contributed by atoms with Crippen molar-refractivity contribution in [3.8, 4) is 5.75 Å². The quantitative estimate of drug-likeness (QED) is 0.769. The van der Waals surface area contributed by atoms with Crippen LogP contribution in [0.1, 0.15) is 23.3 Å². The molecule has 0 radical (unpaired) electrons. The Morgan fingerprint density at radius 1 is 1.26 bits per heavy atom. The number of hydrogen-bond acceptors (Lipinski definition) is 4. The van der Waals surface area contributed by atoms with Crippen LogP contribution in [0.5, 0.6) is 5.75 Å². The Labute approximate surface area is 110 Å². The molecule has 19 heavy (non-hydrogen) atoms. The number of rotatable bonds is 7. The first-order valence-electron chi connectivity index (χ1n) is 6.07. The van der Waals surface area contributed by atoms with Crippen molar-refractivity contribution >= 4 is 5.97 Å². The number of benzene rings is 1. The number of unbranched alkanes of at least 4 members (excludes halogenated alkanes) is 1. The Kier molecular flexibility index (Phi) is 4.49. The van der Waals surface area contributed by atoms with Crippen LogP contribution >= 0.6 is 0 Å². The molecule has 1 N–H and O–H groups in total. The Morgan fingerprint density at radius 3 is 2.79 bits per heavy atom. The van der Waals surface area contributed by atoms with E-state index in [0.29, 0.717) is 13.2 Å². The lowest BCUT2D eigenvalue weighted by molar-refractivity contribution is 0.0683. The number of ether oxygens (including phenoxy) is 1. The number of aromatic nitrogens is 3. The Hall–Kier alpha value is -2.37. The van der Waals surface area contributed by atoms with Crippen molar-refractivity contribution in [2.24, 2.45) is 0 Å². The molecule has 0 spiro atoms. The molecule has 0 aliphatic heterocycles. The molecule has 0 aliphatic rings. The maximum atomic E-state index is 10.8. The molecule has 6 heteroatoms. The summed E-state index contributed by atoms with van der Waals surface area (Å²) >= 11 is 0. The highest BCUT2D eigenvalue weighted by Crippen LogP contribution is 2.09. The molecule has 1 heterocycles. The van der Waals surface area contributed by atoms with Gasteiger partial charge in [-0.05, 0) is 25.0 Å². The zero-order valence-electron chi connectivity index (χ0n) is 10.4. The standard InChI is InChI=1S/C13H15N3O3/c17-13(18)12-10-14-15-16(12)8-4-5-9-19-11-6-2-1-3-7-11/h1-3,6-7,10H,4-5,8-9H2,(H,17,18). The molecule has 0 unspecified atom stereocenters. The van der Waals surface area contributed by atoms with E-state index in [0.717, 1.165) is 18.6 Å². The number of hydrogen-bond donors (Lipinski definition) is 1. The summed E-state index contributed by atoms with van der Waals surface area (Å²) in [7, 11) is 0. The SMILES string of the molecule is O=C(O)c1cnnn1CCCCOc1ccccc1. The van der Waals surface area contributed by atoms with Gasteiger partial charge in [0.05, 0.1) is 12.8 Å². The van der Waals surface area contributed by atoms with Crippen LogP contribution in [0.3, 0.4) is 0 Å². The lowest BCUT2D eigenvalue weighted by atomic mass is 10.3. The summed E-state index contributed by atoms with van der Waals surface area (Å²) in [5, 5.41) is 16.2. The third-order valence-electron chi connectivity index (χ3n) is 2.61. The summed E-state index contributed by atoms with van der Waals surface area (Å²) in [6.45, 7) is 1.13. The van der Waals surface area contributed by atoms with E-state index < -0.39 is 5.97 Å². The van der Waals surface area contributed by atoms with Gasteiger partial charge in [-0.15, -0.1) is 5.10 Å². The molecule has 0 amide bonds. The van der Waals surface area contributed by atoms with Crippen LogP contribution in [0, 0.1) is 0 Å². The second kappa shape index (κ2) is 6.53. The van der Waals surface area contributed by atoms with Gasteiger partial charge in [-0.3, -0.25) is 0 Å². The number of para-hydroxylation sites is 1. The van der Waals surface area contributed by atoms with Gasteiger partial charge in [0.15, 0.2) is 5.69 Å². The minimum atomic E-state index is -1.01. The van der Waals surface area contributed by atoms with Crippen LogP contribution in [-0.2, 0) is 6.54 Å². The average Bonchev–Trinajstić information content (AvgIpc) is 2.88. The van der Waals surface area contributed by atoms with Gasteiger partial charge in [-0.1, -0.05) is 23.4 Å². The molecule has 2 aromatic rings. The van der Waals surface area contributed by atoms with Gasteiger partial charge < -0.3 is 9.84 Å². The van der Waals surface area contributed by atoms with E-state index in [2.05, 4.69) is 10.3 Å². The number of nitrogens with zero attached hydrogens (tertiary/aromatic N) is 3. The van der Waals surface area contributed by atoms with Crippen molar-refractivity contribution in [3.05, 3.63) is 42.2 Å². The first-order chi connectivity index (χ1) is 9.27. The second-order valence-electron chi connectivity index (χ2n) is 4.02. The number of aromatic carboxylic acids is 1. The fourth-order valence-electron chi connectivity index (χ4n) is 1.66. The highest BCUT2D eigenvalue weighted by Gasteiger charge is 2.10. The molecule has 6 nitrogen and oxygen atoms in total. The predicted molar refractivity (Wildman–Crippen MR) is 68.2 cm³/mol. The normalized spacial score (nSPS) is 10.3. The molecular weight excluding hydrogens is 246 g/mol. The van der Waals surface area contributed by atoms with E-state index in [1.807, 2.05) is 30.3 Å². The predicted octanol–water partition coefficient (Wildman–Crippen LogP) is 1.84. The zero-order chi connectivity index (χ0) is 13.5. The maximum absolute atomic E-state index is 10.8. The van der Waals surface area contributed by atoms with Gasteiger partial charge in [0.1, 0.15) is 5.75 Å². The van der Waals surface area contributed by atoms with Gasteiger partial charge in [-0.25, -0.2) is 9.48 Å². The van der Waals surface area contributed by atoms with Crippen molar-refractivity contribution in [2.75, 3.05) is 6.61 Å². The zero-order valence-corrected chi connectivity index (χ0v) is 10.4. The lowest BCUT2D eigenvalue weighted by Crippen LogP contribution is -2.11. The molecule has 0 fully saturated rings. The third-order valence-corrected chi connectivity index (χ3v) is 2.61. The fraction of sp³-hybridized carbons (Fsp3) is 0.308. The van der Waals surface area contributed by atoms with Crippen LogP contribution in [0.2, 0.25) is 0 Å². The topological polar surface area (TPSA) is 77.2 Å². The molecular formula is C13H15N3O3. The summed E-state index contributed by atoms with van der Waals surface area (Å²) < 4.78 is 6.94. The van der Waals surface area contributed by atoms with Crippen molar-refractivity contribution in [2.45, 2.75) is 19.4 Å². The van der Waals surface area contributed by atoms with Crippen LogP contribution in [0.15, 0.2) is 36.5 Å². The van der Waals surface area contributed by atoms with Gasteiger partial charge in [-0.2, -0.15) is 0 Å². The van der Waals surface area contributed by atoms with Crippen LogP contribution in [0.4, 0.5) is 0 Å². The Balaban J connectivity index is 1.70. The van der Waals surface area contributed by atoms with E-state index in [9.17, 15) is 4.79 Å². The molecule has 2 rings (SSSR count). The van der Waals surface area contributed by atoms with Gasteiger partial charge in [0.25, 0.3) is 0 Å². The highest BCUT2D eigenvalue weighted by atomic mass is 16.5. The minimum absolute atomic E-state index is 0.115. The minimum Gasteiger partial charge on any atom is -0.494 e. The van der Waals surface area contributed by atoms with E-state index >= 15 is 0 Å². The van der Waals surface area contributed by atoms with Crippen molar-refractivity contribution in [1.82, 2.24) is 15.0 Å². The smallest absolute Gasteiger partial charge is 0.355 e. The van der Waals surface area contributed by atoms with Crippen molar-refractivity contribution in [3.63, 3.8) is 0 Å². The lowest BCUT2D eigenvalue weighted by Gasteiger charge is -2.06. The largest absolute Gasteiger partial charge is 0.494 e. The van der Waals surface area contributed by atoms with Crippen LogP contribution < -0.4 is 4.74 Å². The summed E-state index contributed by atoms with van der Waals surface area (Å²) in [6, 6.07) is 9.58. The van der Waals surface area contributed by atoms with Gasteiger partial charge >= 0.3 is 5.97 Å². The summed E-state index contributed by atoms with van der Waals surface area (Å²) in [5.41, 5.74) is 0.115. The summed E-state index contributed by atoms with van der Waals surface area (Å²) in [4.78, 5) is 10.8. The molecule has 1 aromatic heterocycles. The molecule has 100 valence electrons. The first-order valence-corrected chi connectivity index (χ1v) is 6.07. The number of aryl methyl sites for hydroxylation is 1. The fourth-order valence-corrected chi connectivity index (χ4v) is 1.66. The van der Waals surface area contributed by atoms with Gasteiger partial charge in [0.2, 0.25) is 0 Å². The molecule has 0 bridgehead atoms.